The van der Waals surface area contributed by atoms with E-state index in [9.17, 15) is 0 Å². The van der Waals surface area contributed by atoms with E-state index >= 15 is 0 Å². The zero-order valence-corrected chi connectivity index (χ0v) is 13.1. The molecule has 0 aliphatic rings. The molecular formula is C13H23N5S. The maximum Gasteiger partial charge on any atom is 0.224 e. The number of hydrogen-bond acceptors (Lipinski definition) is 2. The van der Waals surface area contributed by atoms with Crippen molar-refractivity contribution >= 4 is 23.3 Å². The van der Waals surface area contributed by atoms with Crippen molar-refractivity contribution in [3.63, 3.8) is 0 Å². The van der Waals surface area contributed by atoms with E-state index in [0.717, 1.165) is 24.4 Å². The number of thiocarbonyl (C=S) groups is 1. The van der Waals surface area contributed by atoms with Crippen molar-refractivity contribution < 1.29 is 0 Å². The quantitative estimate of drug-likeness (QED) is 0.494. The normalized spacial score (nSPS) is 12.6. The van der Waals surface area contributed by atoms with Crippen molar-refractivity contribution in [2.45, 2.75) is 41.0 Å². The molecule has 1 rings (SSSR count). The number of aryl methyl sites for hydroxylation is 2. The molecule has 0 amide bonds. The average Bonchev–Trinajstić information content (AvgIpc) is 2.55. The summed E-state index contributed by atoms with van der Waals surface area (Å²) in [5, 5.41) is 7.74. The largest absolute Gasteiger partial charge is 0.368 e. The summed E-state index contributed by atoms with van der Waals surface area (Å²) in [7, 11) is 0. The van der Waals surface area contributed by atoms with Crippen LogP contribution in [0.5, 0.6) is 0 Å². The Bertz CT molecular complexity index is 482. The zero-order valence-electron chi connectivity index (χ0n) is 12.3. The third kappa shape index (κ3) is 5.38. The molecule has 0 spiro atoms. The Balaban J connectivity index is 2.59. The monoisotopic (exact) mass is 281 g/mol. The summed E-state index contributed by atoms with van der Waals surface area (Å²) in [6, 6.07) is 1.94. The van der Waals surface area contributed by atoms with Gasteiger partial charge in [0.05, 0.1) is 5.69 Å². The van der Waals surface area contributed by atoms with E-state index in [-0.39, 0.29) is 5.41 Å². The predicted octanol–water partition coefficient (Wildman–Crippen LogP) is 1.97. The Kier molecular flexibility index (Phi) is 5.05. The van der Waals surface area contributed by atoms with E-state index in [1.54, 1.807) is 4.68 Å². The average molecular weight is 281 g/mol. The molecule has 1 aromatic heterocycles. The second kappa shape index (κ2) is 6.14. The number of rotatable bonds is 2. The molecule has 0 aliphatic heterocycles. The zero-order chi connectivity index (χ0) is 14.6. The first-order valence-corrected chi connectivity index (χ1v) is 6.75. The second-order valence-corrected chi connectivity index (χ2v) is 6.24. The molecule has 0 aromatic carbocycles. The maximum absolute atomic E-state index is 5.89. The van der Waals surface area contributed by atoms with E-state index < -0.39 is 0 Å². The van der Waals surface area contributed by atoms with Gasteiger partial charge in [-0.15, -0.1) is 0 Å². The van der Waals surface area contributed by atoms with Crippen molar-refractivity contribution in [3.05, 3.63) is 17.5 Å². The van der Waals surface area contributed by atoms with Gasteiger partial charge in [0.15, 0.2) is 5.11 Å². The van der Waals surface area contributed by atoms with Gasteiger partial charge < -0.3 is 11.1 Å². The fourth-order valence-corrected chi connectivity index (χ4v) is 1.79. The fraction of sp³-hybridized carbons (Fsp3) is 0.615. The smallest absolute Gasteiger partial charge is 0.224 e. The molecule has 0 radical (unpaired) electrons. The highest BCUT2D eigenvalue weighted by Gasteiger charge is 2.10. The van der Waals surface area contributed by atoms with Crippen LogP contribution in [-0.4, -0.2) is 27.4 Å². The van der Waals surface area contributed by atoms with Gasteiger partial charge in [-0.05, 0) is 44.0 Å². The van der Waals surface area contributed by atoms with Gasteiger partial charge in [-0.25, -0.2) is 4.68 Å². The Labute approximate surface area is 120 Å². The van der Waals surface area contributed by atoms with Crippen molar-refractivity contribution in [1.29, 1.82) is 0 Å². The van der Waals surface area contributed by atoms with Crippen LogP contribution >= 0.6 is 12.2 Å². The second-order valence-electron chi connectivity index (χ2n) is 5.85. The third-order valence-electron chi connectivity index (χ3n) is 2.59. The van der Waals surface area contributed by atoms with Crippen LogP contribution in [0.1, 0.15) is 38.6 Å². The number of aromatic nitrogens is 2. The first-order valence-electron chi connectivity index (χ1n) is 6.35. The van der Waals surface area contributed by atoms with E-state index in [1.807, 2.05) is 19.9 Å². The van der Waals surface area contributed by atoms with Gasteiger partial charge in [-0.2, -0.15) is 10.1 Å². The summed E-state index contributed by atoms with van der Waals surface area (Å²) >= 11 is 5.15. The van der Waals surface area contributed by atoms with E-state index in [1.165, 1.54) is 0 Å². The highest BCUT2D eigenvalue weighted by molar-refractivity contribution is 7.80. The van der Waals surface area contributed by atoms with Crippen LogP contribution < -0.4 is 11.1 Å². The van der Waals surface area contributed by atoms with Crippen molar-refractivity contribution in [1.82, 2.24) is 15.1 Å². The summed E-state index contributed by atoms with van der Waals surface area (Å²) in [5.41, 5.74) is 8.01. The van der Waals surface area contributed by atoms with Crippen LogP contribution in [0.25, 0.3) is 0 Å². The molecule has 19 heavy (non-hydrogen) atoms. The Morgan fingerprint density at radius 1 is 1.47 bits per heavy atom. The Morgan fingerprint density at radius 2 is 2.11 bits per heavy atom. The lowest BCUT2D eigenvalue weighted by Gasteiger charge is -2.18. The minimum Gasteiger partial charge on any atom is -0.368 e. The van der Waals surface area contributed by atoms with Crippen LogP contribution in [-0.2, 0) is 0 Å². The van der Waals surface area contributed by atoms with Gasteiger partial charge in [-0.3, -0.25) is 0 Å². The SMILES string of the molecule is Cc1cc(C)n(C(N)=NC(=S)NCCC(C)(C)C)n1. The van der Waals surface area contributed by atoms with Crippen molar-refractivity contribution in [3.8, 4) is 0 Å². The van der Waals surface area contributed by atoms with E-state index in [0.29, 0.717) is 11.1 Å². The lowest BCUT2D eigenvalue weighted by Crippen LogP contribution is -2.30. The maximum atomic E-state index is 5.89. The van der Waals surface area contributed by atoms with Crippen LogP contribution in [0.15, 0.2) is 11.1 Å². The van der Waals surface area contributed by atoms with Crippen LogP contribution in [0.2, 0.25) is 0 Å². The summed E-state index contributed by atoms with van der Waals surface area (Å²) in [5.74, 6) is 0.291. The van der Waals surface area contributed by atoms with Crippen LogP contribution in [0, 0.1) is 19.3 Å². The highest BCUT2D eigenvalue weighted by atomic mass is 32.1. The number of nitrogens with zero attached hydrogens (tertiary/aromatic N) is 3. The molecule has 1 aromatic rings. The van der Waals surface area contributed by atoms with Gasteiger partial charge in [0.2, 0.25) is 5.96 Å². The number of hydrogen-bond donors (Lipinski definition) is 2. The molecule has 1 heterocycles. The summed E-state index contributed by atoms with van der Waals surface area (Å²) < 4.78 is 1.59. The molecule has 106 valence electrons. The summed E-state index contributed by atoms with van der Waals surface area (Å²) in [6.07, 6.45) is 1.02. The van der Waals surface area contributed by atoms with Gasteiger partial charge >= 0.3 is 0 Å². The lowest BCUT2D eigenvalue weighted by molar-refractivity contribution is 0.378. The van der Waals surface area contributed by atoms with E-state index in [4.69, 9.17) is 18.0 Å². The molecule has 0 aliphatic carbocycles. The number of aliphatic imine (C=N–C) groups is 1. The minimum absolute atomic E-state index is 0.271. The van der Waals surface area contributed by atoms with Crippen molar-refractivity contribution in [2.75, 3.05) is 6.54 Å². The third-order valence-corrected chi connectivity index (χ3v) is 2.83. The highest BCUT2D eigenvalue weighted by Crippen LogP contribution is 2.16. The van der Waals surface area contributed by atoms with Gasteiger partial charge in [-0.1, -0.05) is 20.8 Å². The molecule has 0 saturated carbocycles. The first-order chi connectivity index (χ1) is 8.69. The molecule has 0 atom stereocenters. The standard InChI is InChI=1S/C13H23N5S/c1-9-8-10(2)18(17-9)11(14)16-12(19)15-7-6-13(3,4)5/h8H,6-7H2,1-5H3,(H3,14,15,16,19). The van der Waals surface area contributed by atoms with E-state index in [2.05, 4.69) is 36.2 Å². The van der Waals surface area contributed by atoms with Gasteiger partial charge in [0.1, 0.15) is 0 Å². The van der Waals surface area contributed by atoms with Crippen molar-refractivity contribution in [2.24, 2.45) is 16.1 Å². The topological polar surface area (TPSA) is 68.2 Å². The molecule has 0 unspecified atom stereocenters. The molecule has 0 saturated heterocycles. The van der Waals surface area contributed by atoms with Crippen LogP contribution in [0.3, 0.4) is 0 Å². The summed E-state index contributed by atoms with van der Waals surface area (Å²) in [6.45, 7) is 11.2. The first kappa shape index (κ1) is 15.6. The molecular weight excluding hydrogens is 258 g/mol. The number of nitrogens with two attached hydrogens (primary N) is 1. The summed E-state index contributed by atoms with van der Waals surface area (Å²) in [4.78, 5) is 4.16. The lowest BCUT2D eigenvalue weighted by atomic mass is 9.92. The minimum atomic E-state index is 0.271. The van der Waals surface area contributed by atoms with Crippen LogP contribution in [0.4, 0.5) is 0 Å². The number of nitrogens with one attached hydrogen (secondary N) is 1. The Morgan fingerprint density at radius 3 is 2.58 bits per heavy atom. The predicted molar refractivity (Wildman–Crippen MR) is 83.4 cm³/mol. The van der Waals surface area contributed by atoms with Gasteiger partial charge in [0.25, 0.3) is 0 Å². The van der Waals surface area contributed by atoms with Gasteiger partial charge in [0, 0.05) is 12.2 Å². The Hall–Kier alpha value is -1.43. The molecule has 3 N–H and O–H groups in total. The molecule has 0 bridgehead atoms. The molecule has 6 heteroatoms. The fourth-order valence-electron chi connectivity index (χ4n) is 1.60. The molecule has 5 nitrogen and oxygen atoms in total. The molecule has 0 fully saturated rings.